The number of ketones is 2. The Labute approximate surface area is 306 Å². The molecular formula is C48H31NO4. The van der Waals surface area contributed by atoms with E-state index in [0.717, 1.165) is 44.9 Å². The summed E-state index contributed by atoms with van der Waals surface area (Å²) in [5.74, 6) is -2.01. The number of benzene rings is 7. The number of Topliss-reactive ketones (excluding diaryl/α,β-unsaturated/α-hetero) is 2. The first-order chi connectivity index (χ1) is 25.9. The molecule has 1 aliphatic carbocycles. The fourth-order valence-corrected chi connectivity index (χ4v) is 8.02. The summed E-state index contributed by atoms with van der Waals surface area (Å²) < 4.78 is 0. The van der Waals surface area contributed by atoms with Crippen molar-refractivity contribution < 1.29 is 19.5 Å². The minimum absolute atomic E-state index is 0.0271. The Morgan fingerprint density at radius 2 is 1.09 bits per heavy atom. The third-order valence-corrected chi connectivity index (χ3v) is 10.4. The standard InChI is InChI=1S/C48H31NO4/c50-45-38-26-24-34(47(52)53)29-39(38)46(51)40(45)28-31-20-22-32(23-21-31)33-25-27-44-42(30-33)48(35-12-4-1-5-13-35,36-14-6-2-7-15-36)41-18-10-11-19-43(41)49(44)37-16-8-3-9-17-37/h1-30H,(H,52,53)/b40-28+. The summed E-state index contributed by atoms with van der Waals surface area (Å²) in [6.45, 7) is 0. The molecule has 0 amide bonds. The number of carboxylic acid groups (broad SMARTS) is 1. The van der Waals surface area contributed by atoms with Gasteiger partial charge in [-0.05, 0) is 93.6 Å². The third-order valence-electron chi connectivity index (χ3n) is 10.4. The van der Waals surface area contributed by atoms with E-state index in [1.165, 1.54) is 23.8 Å². The van der Waals surface area contributed by atoms with Gasteiger partial charge in [0.1, 0.15) is 0 Å². The van der Waals surface area contributed by atoms with Crippen molar-refractivity contribution in [3.8, 4) is 11.1 Å². The lowest BCUT2D eigenvalue weighted by Crippen LogP contribution is -2.37. The molecule has 0 fully saturated rings. The molecule has 0 saturated carbocycles. The van der Waals surface area contributed by atoms with E-state index in [2.05, 4.69) is 132 Å². The van der Waals surface area contributed by atoms with Gasteiger partial charge in [-0.1, -0.05) is 127 Å². The number of nitrogens with zero attached hydrogens (tertiary/aromatic N) is 1. The second-order valence-electron chi connectivity index (χ2n) is 13.3. The number of fused-ring (bicyclic) bond motifs is 3. The van der Waals surface area contributed by atoms with Crippen molar-refractivity contribution in [1.29, 1.82) is 0 Å². The van der Waals surface area contributed by atoms with Crippen LogP contribution in [0.2, 0.25) is 0 Å². The molecule has 0 saturated heterocycles. The molecule has 0 unspecified atom stereocenters. The molecule has 1 heterocycles. The maximum absolute atomic E-state index is 13.2. The highest BCUT2D eigenvalue weighted by Gasteiger charge is 2.46. The number of allylic oxidation sites excluding steroid dienone is 1. The van der Waals surface area contributed by atoms with Gasteiger partial charge in [0.05, 0.1) is 27.9 Å². The van der Waals surface area contributed by atoms with Crippen molar-refractivity contribution in [2.45, 2.75) is 5.41 Å². The quantitative estimate of drug-likeness (QED) is 0.139. The lowest BCUT2D eigenvalue weighted by Gasteiger charge is -2.46. The number of carbonyl (C=O) groups is 3. The van der Waals surface area contributed by atoms with Crippen LogP contribution in [0.1, 0.15) is 58.9 Å². The van der Waals surface area contributed by atoms with Crippen LogP contribution < -0.4 is 4.90 Å². The zero-order valence-corrected chi connectivity index (χ0v) is 28.4. The van der Waals surface area contributed by atoms with Crippen molar-refractivity contribution in [3.63, 3.8) is 0 Å². The van der Waals surface area contributed by atoms with Crippen molar-refractivity contribution in [2.75, 3.05) is 4.90 Å². The highest BCUT2D eigenvalue weighted by atomic mass is 16.4. The van der Waals surface area contributed by atoms with Crippen molar-refractivity contribution in [1.82, 2.24) is 0 Å². The Bertz CT molecular complexity index is 2570. The minimum Gasteiger partial charge on any atom is -0.478 e. The lowest BCUT2D eigenvalue weighted by atomic mass is 9.62. The SMILES string of the molecule is O=C(O)c1ccc2c(c1)C(=O)/C(=C/c1ccc(-c3ccc4c(c3)C(c3ccccc3)(c3ccccc3)c3ccccc3N4c3ccccc3)cc1)C2=O. The monoisotopic (exact) mass is 685 g/mol. The van der Waals surface area contributed by atoms with Gasteiger partial charge >= 0.3 is 5.97 Å². The van der Waals surface area contributed by atoms with Gasteiger partial charge in [-0.2, -0.15) is 0 Å². The molecule has 0 atom stereocenters. The largest absolute Gasteiger partial charge is 0.478 e. The summed E-state index contributed by atoms with van der Waals surface area (Å²) in [5, 5.41) is 9.39. The molecule has 7 aromatic rings. The van der Waals surface area contributed by atoms with Crippen LogP contribution in [0.15, 0.2) is 181 Å². The predicted octanol–water partition coefficient (Wildman–Crippen LogP) is 10.7. The molecule has 7 aromatic carbocycles. The number of carboxylic acids is 1. The highest BCUT2D eigenvalue weighted by Crippen LogP contribution is 2.58. The molecule has 0 spiro atoms. The zero-order valence-electron chi connectivity index (χ0n) is 28.4. The van der Waals surface area contributed by atoms with Crippen LogP contribution in [0.3, 0.4) is 0 Å². The minimum atomic E-state index is -1.15. The molecule has 53 heavy (non-hydrogen) atoms. The second kappa shape index (κ2) is 12.6. The average Bonchev–Trinajstić information content (AvgIpc) is 3.45. The molecule has 2 aliphatic rings. The summed E-state index contributed by atoms with van der Waals surface area (Å²) in [7, 11) is 0. The molecule has 5 nitrogen and oxygen atoms in total. The summed E-state index contributed by atoms with van der Waals surface area (Å²) >= 11 is 0. The van der Waals surface area contributed by atoms with Gasteiger partial charge in [0.15, 0.2) is 11.6 Å². The summed E-state index contributed by atoms with van der Waals surface area (Å²) in [6, 6.07) is 59.0. The third kappa shape index (κ3) is 5.05. The lowest BCUT2D eigenvalue weighted by molar-refractivity contribution is 0.0696. The average molecular weight is 686 g/mol. The fraction of sp³-hybridized carbons (Fsp3) is 0.0208. The van der Waals surface area contributed by atoms with Crippen molar-refractivity contribution >= 4 is 40.7 Å². The Kier molecular flexibility index (Phi) is 7.56. The van der Waals surface area contributed by atoms with E-state index in [4.69, 9.17) is 0 Å². The summed E-state index contributed by atoms with van der Waals surface area (Å²) in [6.07, 6.45) is 1.59. The molecule has 1 N–H and O–H groups in total. The van der Waals surface area contributed by atoms with Gasteiger partial charge in [0, 0.05) is 16.8 Å². The molecule has 5 heteroatoms. The molecule has 1 aliphatic heterocycles. The highest BCUT2D eigenvalue weighted by molar-refractivity contribution is 6.41. The molecule has 0 bridgehead atoms. The van der Waals surface area contributed by atoms with E-state index < -0.39 is 23.0 Å². The van der Waals surface area contributed by atoms with Crippen LogP contribution in [-0.2, 0) is 5.41 Å². The first-order valence-corrected chi connectivity index (χ1v) is 17.4. The Hall–Kier alpha value is -7.11. The topological polar surface area (TPSA) is 74.7 Å². The van der Waals surface area contributed by atoms with Gasteiger partial charge in [-0.25, -0.2) is 4.79 Å². The second-order valence-corrected chi connectivity index (χ2v) is 13.3. The van der Waals surface area contributed by atoms with Crippen LogP contribution in [0, 0.1) is 0 Å². The van der Waals surface area contributed by atoms with E-state index >= 15 is 0 Å². The number of rotatable bonds is 6. The summed E-state index contributed by atoms with van der Waals surface area (Å²) in [5.41, 5.74) is 10.3. The van der Waals surface area contributed by atoms with Crippen LogP contribution >= 0.6 is 0 Å². The first kappa shape index (κ1) is 31.8. The number of hydrogen-bond acceptors (Lipinski definition) is 4. The number of carbonyl (C=O) groups excluding carboxylic acids is 2. The van der Waals surface area contributed by atoms with Crippen molar-refractivity contribution in [3.05, 3.63) is 226 Å². The van der Waals surface area contributed by atoms with Crippen molar-refractivity contribution in [2.24, 2.45) is 0 Å². The van der Waals surface area contributed by atoms with Gasteiger partial charge in [0.25, 0.3) is 0 Å². The van der Waals surface area contributed by atoms with Crippen LogP contribution in [0.25, 0.3) is 17.2 Å². The van der Waals surface area contributed by atoms with E-state index in [-0.39, 0.29) is 22.3 Å². The number of anilines is 3. The molecule has 252 valence electrons. The number of aromatic carboxylic acids is 1. The van der Waals surface area contributed by atoms with Crippen LogP contribution in [0.4, 0.5) is 17.1 Å². The van der Waals surface area contributed by atoms with Gasteiger partial charge < -0.3 is 10.0 Å². The molecular weight excluding hydrogens is 655 g/mol. The maximum Gasteiger partial charge on any atom is 0.335 e. The van der Waals surface area contributed by atoms with E-state index in [1.807, 2.05) is 30.3 Å². The van der Waals surface area contributed by atoms with E-state index in [0.29, 0.717) is 5.56 Å². The van der Waals surface area contributed by atoms with Gasteiger partial charge in [-0.15, -0.1) is 0 Å². The predicted molar refractivity (Wildman–Crippen MR) is 208 cm³/mol. The molecule has 0 radical (unpaired) electrons. The van der Waals surface area contributed by atoms with E-state index in [1.54, 1.807) is 6.08 Å². The van der Waals surface area contributed by atoms with Gasteiger partial charge in [0.2, 0.25) is 0 Å². The Balaban J connectivity index is 1.20. The Morgan fingerprint density at radius 1 is 0.528 bits per heavy atom. The summed E-state index contributed by atoms with van der Waals surface area (Å²) in [4.78, 5) is 40.3. The van der Waals surface area contributed by atoms with Crippen LogP contribution in [-0.4, -0.2) is 22.6 Å². The Morgan fingerprint density at radius 3 is 1.75 bits per heavy atom. The van der Waals surface area contributed by atoms with Gasteiger partial charge in [-0.3, -0.25) is 9.59 Å². The smallest absolute Gasteiger partial charge is 0.335 e. The zero-order chi connectivity index (χ0) is 36.1. The first-order valence-electron chi connectivity index (χ1n) is 17.4. The number of hydrogen-bond donors (Lipinski definition) is 1. The van der Waals surface area contributed by atoms with Crippen LogP contribution in [0.5, 0.6) is 0 Å². The normalized spacial score (nSPS) is 14.8. The van der Waals surface area contributed by atoms with E-state index in [9.17, 15) is 19.5 Å². The number of para-hydroxylation sites is 2. The fourth-order valence-electron chi connectivity index (χ4n) is 8.02. The molecule has 9 rings (SSSR count). The molecule has 0 aromatic heterocycles. The maximum atomic E-state index is 13.2.